The second kappa shape index (κ2) is 5.61. The fourth-order valence-corrected chi connectivity index (χ4v) is 4.02. The molecule has 0 saturated carbocycles. The third-order valence-corrected chi connectivity index (χ3v) is 5.29. The van der Waals surface area contributed by atoms with Crippen LogP contribution in [0.2, 0.25) is 0 Å². The van der Waals surface area contributed by atoms with Crippen molar-refractivity contribution in [2.45, 2.75) is 18.8 Å². The van der Waals surface area contributed by atoms with Crippen LogP contribution in [-0.4, -0.2) is 28.9 Å². The Kier molecular flexibility index (Phi) is 3.47. The van der Waals surface area contributed by atoms with E-state index in [1.807, 2.05) is 21.7 Å². The molecule has 1 saturated heterocycles. The molecule has 3 aromatic rings. The molecule has 0 aliphatic carbocycles. The molecule has 0 spiro atoms. The lowest BCUT2D eigenvalue weighted by Crippen LogP contribution is -2.37. The van der Waals surface area contributed by atoms with Gasteiger partial charge in [0.05, 0.1) is 5.56 Å². The number of rotatable bonds is 2. The Labute approximate surface area is 133 Å². The van der Waals surface area contributed by atoms with Crippen LogP contribution in [0.4, 0.5) is 0 Å². The van der Waals surface area contributed by atoms with Crippen LogP contribution in [-0.2, 0) is 0 Å². The Morgan fingerprint density at radius 3 is 2.77 bits per heavy atom. The van der Waals surface area contributed by atoms with Gasteiger partial charge in [0, 0.05) is 35.6 Å². The van der Waals surface area contributed by atoms with Crippen molar-refractivity contribution in [2.24, 2.45) is 0 Å². The molecule has 0 unspecified atom stereocenters. The summed E-state index contributed by atoms with van der Waals surface area (Å²) in [6.45, 7) is 1.69. The van der Waals surface area contributed by atoms with Crippen LogP contribution in [0.1, 0.15) is 34.7 Å². The summed E-state index contributed by atoms with van der Waals surface area (Å²) in [6, 6.07) is 10.4. The minimum absolute atomic E-state index is 0.179. The second-order valence-electron chi connectivity index (χ2n) is 5.87. The molecular weight excluding hydrogens is 292 g/mol. The highest BCUT2D eigenvalue weighted by Gasteiger charge is 2.26. The number of carbonyl (C=O) groups excluding carboxylic acids is 1. The highest BCUT2D eigenvalue weighted by molar-refractivity contribution is 7.08. The van der Waals surface area contributed by atoms with Crippen LogP contribution in [0.3, 0.4) is 0 Å². The highest BCUT2D eigenvalue weighted by atomic mass is 32.1. The fourth-order valence-electron chi connectivity index (χ4n) is 3.39. The number of hydrogen-bond donors (Lipinski definition) is 1. The van der Waals surface area contributed by atoms with Gasteiger partial charge in [-0.3, -0.25) is 4.79 Å². The van der Waals surface area contributed by atoms with Crippen LogP contribution in [0.25, 0.3) is 10.9 Å². The van der Waals surface area contributed by atoms with Gasteiger partial charge < -0.3 is 9.88 Å². The number of piperidine rings is 1. The number of nitrogens with one attached hydrogen (secondary N) is 1. The molecule has 112 valence electrons. The number of aromatic amines is 1. The molecule has 4 heteroatoms. The zero-order valence-corrected chi connectivity index (χ0v) is 13.1. The van der Waals surface area contributed by atoms with Crippen molar-refractivity contribution in [1.82, 2.24) is 9.88 Å². The van der Waals surface area contributed by atoms with E-state index in [9.17, 15) is 4.79 Å². The third kappa shape index (κ3) is 2.33. The maximum atomic E-state index is 12.4. The molecule has 2 aromatic heterocycles. The molecule has 1 fully saturated rings. The lowest BCUT2D eigenvalue weighted by molar-refractivity contribution is 0.0714. The lowest BCUT2D eigenvalue weighted by atomic mass is 9.89. The summed E-state index contributed by atoms with van der Waals surface area (Å²) in [4.78, 5) is 17.7. The number of hydrogen-bond acceptors (Lipinski definition) is 2. The molecule has 3 nitrogen and oxygen atoms in total. The van der Waals surface area contributed by atoms with Crippen molar-refractivity contribution in [3.63, 3.8) is 0 Å². The maximum Gasteiger partial charge on any atom is 0.254 e. The summed E-state index contributed by atoms with van der Waals surface area (Å²) in [7, 11) is 0. The largest absolute Gasteiger partial charge is 0.361 e. The van der Waals surface area contributed by atoms with Crippen molar-refractivity contribution in [3.8, 4) is 0 Å². The second-order valence-corrected chi connectivity index (χ2v) is 6.65. The topological polar surface area (TPSA) is 36.1 Å². The molecule has 22 heavy (non-hydrogen) atoms. The predicted molar refractivity (Wildman–Crippen MR) is 90.5 cm³/mol. The zero-order chi connectivity index (χ0) is 14.9. The molecule has 0 bridgehead atoms. The van der Waals surface area contributed by atoms with E-state index in [1.165, 1.54) is 16.5 Å². The van der Waals surface area contributed by atoms with Gasteiger partial charge in [0.25, 0.3) is 5.91 Å². The first-order valence-electron chi connectivity index (χ1n) is 7.70. The Morgan fingerprint density at radius 1 is 1.18 bits per heavy atom. The molecule has 4 rings (SSSR count). The van der Waals surface area contributed by atoms with Gasteiger partial charge in [-0.2, -0.15) is 11.3 Å². The van der Waals surface area contributed by atoms with Crippen molar-refractivity contribution in [1.29, 1.82) is 0 Å². The number of para-hydroxylation sites is 1. The monoisotopic (exact) mass is 310 g/mol. The molecule has 1 N–H and O–H groups in total. The molecule has 1 aliphatic rings. The Balaban J connectivity index is 1.49. The maximum absolute atomic E-state index is 12.4. The summed E-state index contributed by atoms with van der Waals surface area (Å²) < 4.78 is 0. The number of carbonyl (C=O) groups is 1. The SMILES string of the molecule is O=C(c1ccsc1)N1CCC(c2c[nH]c3ccccc23)CC1. The van der Waals surface area contributed by atoms with Gasteiger partial charge in [-0.05, 0) is 41.8 Å². The van der Waals surface area contributed by atoms with Gasteiger partial charge >= 0.3 is 0 Å². The van der Waals surface area contributed by atoms with E-state index in [1.54, 1.807) is 11.3 Å². The summed E-state index contributed by atoms with van der Waals surface area (Å²) >= 11 is 1.58. The minimum Gasteiger partial charge on any atom is -0.361 e. The number of H-pyrrole nitrogens is 1. The Morgan fingerprint density at radius 2 is 2.00 bits per heavy atom. The molecule has 0 atom stereocenters. The molecule has 1 aliphatic heterocycles. The van der Waals surface area contributed by atoms with E-state index >= 15 is 0 Å². The number of aromatic nitrogens is 1. The first-order valence-corrected chi connectivity index (χ1v) is 8.64. The van der Waals surface area contributed by atoms with Crippen LogP contribution >= 0.6 is 11.3 Å². The Bertz CT molecular complexity index is 782. The van der Waals surface area contributed by atoms with Gasteiger partial charge in [-0.25, -0.2) is 0 Å². The smallest absolute Gasteiger partial charge is 0.254 e. The van der Waals surface area contributed by atoms with E-state index in [0.717, 1.165) is 31.5 Å². The zero-order valence-electron chi connectivity index (χ0n) is 12.3. The first kappa shape index (κ1) is 13.6. The van der Waals surface area contributed by atoms with Crippen molar-refractivity contribution in [3.05, 3.63) is 58.4 Å². The van der Waals surface area contributed by atoms with Gasteiger partial charge in [-0.1, -0.05) is 18.2 Å². The van der Waals surface area contributed by atoms with E-state index in [0.29, 0.717) is 5.92 Å². The van der Waals surface area contributed by atoms with Crippen LogP contribution in [0, 0.1) is 0 Å². The minimum atomic E-state index is 0.179. The molecular formula is C18H18N2OS. The van der Waals surface area contributed by atoms with E-state index < -0.39 is 0 Å². The average molecular weight is 310 g/mol. The average Bonchev–Trinajstić information content (AvgIpc) is 3.24. The van der Waals surface area contributed by atoms with Crippen LogP contribution < -0.4 is 0 Å². The van der Waals surface area contributed by atoms with Crippen LogP contribution in [0.15, 0.2) is 47.3 Å². The number of thiophene rings is 1. The normalized spacial score (nSPS) is 16.3. The highest BCUT2D eigenvalue weighted by Crippen LogP contribution is 2.33. The number of amides is 1. The number of benzene rings is 1. The van der Waals surface area contributed by atoms with Crippen LogP contribution in [0.5, 0.6) is 0 Å². The first-order chi connectivity index (χ1) is 10.8. The number of nitrogens with zero attached hydrogens (tertiary/aromatic N) is 1. The quantitative estimate of drug-likeness (QED) is 0.754. The summed E-state index contributed by atoms with van der Waals surface area (Å²) in [5.74, 6) is 0.723. The lowest BCUT2D eigenvalue weighted by Gasteiger charge is -2.31. The van der Waals surface area contributed by atoms with Crippen molar-refractivity contribution in [2.75, 3.05) is 13.1 Å². The predicted octanol–water partition coefficient (Wildman–Crippen LogP) is 4.25. The molecule has 1 amide bonds. The van der Waals surface area contributed by atoms with Gasteiger partial charge in [0.2, 0.25) is 0 Å². The molecule has 1 aromatic carbocycles. The van der Waals surface area contributed by atoms with E-state index in [2.05, 4.69) is 35.4 Å². The summed E-state index contributed by atoms with van der Waals surface area (Å²) in [6.07, 6.45) is 4.22. The van der Waals surface area contributed by atoms with E-state index in [-0.39, 0.29) is 5.91 Å². The molecule has 3 heterocycles. The van der Waals surface area contributed by atoms with Gasteiger partial charge in [-0.15, -0.1) is 0 Å². The van der Waals surface area contributed by atoms with Crippen molar-refractivity contribution < 1.29 is 4.79 Å². The number of likely N-dealkylation sites (tertiary alicyclic amines) is 1. The summed E-state index contributed by atoms with van der Waals surface area (Å²) in [5.41, 5.74) is 3.43. The standard InChI is InChI=1S/C18H18N2OS/c21-18(14-7-10-22-12-14)20-8-5-13(6-9-20)16-11-19-17-4-2-1-3-15(16)17/h1-4,7,10-13,19H,5-6,8-9H2. The molecule has 0 radical (unpaired) electrons. The van der Waals surface area contributed by atoms with Gasteiger partial charge in [0.15, 0.2) is 0 Å². The number of fused-ring (bicyclic) bond motifs is 1. The van der Waals surface area contributed by atoms with Gasteiger partial charge in [0.1, 0.15) is 0 Å². The Hall–Kier alpha value is -2.07. The summed E-state index contributed by atoms with van der Waals surface area (Å²) in [5, 5.41) is 5.23. The fraction of sp³-hybridized carbons (Fsp3) is 0.278. The van der Waals surface area contributed by atoms with Crippen molar-refractivity contribution >= 4 is 28.1 Å². The third-order valence-electron chi connectivity index (χ3n) is 4.61. The van der Waals surface area contributed by atoms with E-state index in [4.69, 9.17) is 0 Å².